The molecule has 2 heterocycles. The minimum Gasteiger partial charge on any atom is -0.402 e. The van der Waals surface area contributed by atoms with Crippen LogP contribution in [0.5, 0.6) is 0 Å². The Morgan fingerprint density at radius 2 is 1.59 bits per heavy atom. The normalized spacial score (nSPS) is 26.0. The number of amides is 3. The number of imide groups is 1. The summed E-state index contributed by atoms with van der Waals surface area (Å²) >= 11 is 6.63. The van der Waals surface area contributed by atoms with Gasteiger partial charge in [-0.2, -0.15) is 0 Å². The van der Waals surface area contributed by atoms with Gasteiger partial charge in [-0.3, -0.25) is 10.1 Å². The SMILES string of the molecule is COC1C[C@H](O[Si](c2ccccc2)(c2ccccc2)C(C)(C)C)[C@@H](CO[C@H]2NC(=O)NC(=O)C2(Br)Br)O1. The average Bonchev–Trinajstić information content (AvgIpc) is 3.26. The second-order valence-corrected chi connectivity index (χ2v) is 18.0. The third-order valence-corrected chi connectivity index (χ3v) is 13.3. The number of hydrogen-bond donors (Lipinski definition) is 2. The molecule has 2 N–H and O–H groups in total. The van der Waals surface area contributed by atoms with Crippen LogP contribution < -0.4 is 21.0 Å². The molecule has 2 aliphatic heterocycles. The molecule has 0 saturated carbocycles. The highest BCUT2D eigenvalue weighted by molar-refractivity contribution is 9.26. The molecule has 2 saturated heterocycles. The molecule has 2 fully saturated rings. The molecule has 0 spiro atoms. The molecular weight excluding hydrogens is 624 g/mol. The predicted molar refractivity (Wildman–Crippen MR) is 150 cm³/mol. The van der Waals surface area contributed by atoms with Crippen LogP contribution in [0.25, 0.3) is 0 Å². The van der Waals surface area contributed by atoms with Crippen molar-refractivity contribution in [1.82, 2.24) is 10.6 Å². The summed E-state index contributed by atoms with van der Waals surface area (Å²) in [5, 5.41) is 6.92. The largest absolute Gasteiger partial charge is 0.402 e. The van der Waals surface area contributed by atoms with Gasteiger partial charge in [-0.1, -0.05) is 113 Å². The number of ether oxygens (including phenoxy) is 3. The van der Waals surface area contributed by atoms with Crippen LogP contribution in [0, 0.1) is 0 Å². The highest BCUT2D eigenvalue weighted by Crippen LogP contribution is 2.40. The molecule has 11 heteroatoms. The van der Waals surface area contributed by atoms with E-state index in [-0.39, 0.29) is 17.7 Å². The first-order chi connectivity index (χ1) is 17.5. The van der Waals surface area contributed by atoms with Gasteiger partial charge in [0.2, 0.25) is 3.23 Å². The van der Waals surface area contributed by atoms with Crippen molar-refractivity contribution in [3.8, 4) is 0 Å². The fourth-order valence-electron chi connectivity index (χ4n) is 4.91. The van der Waals surface area contributed by atoms with Gasteiger partial charge in [0.1, 0.15) is 6.10 Å². The fourth-order valence-corrected chi connectivity index (χ4v) is 10.3. The van der Waals surface area contributed by atoms with Gasteiger partial charge in [0.05, 0.1) is 12.7 Å². The summed E-state index contributed by atoms with van der Waals surface area (Å²) < 4.78 is 23.7. The Kier molecular flexibility index (Phi) is 8.64. The van der Waals surface area contributed by atoms with E-state index in [1.54, 1.807) is 7.11 Å². The maximum atomic E-state index is 12.3. The van der Waals surface area contributed by atoms with Crippen molar-refractivity contribution in [3.05, 3.63) is 60.7 Å². The minimum atomic E-state index is -2.86. The zero-order valence-electron chi connectivity index (χ0n) is 21.2. The van der Waals surface area contributed by atoms with Crippen molar-refractivity contribution in [2.24, 2.45) is 0 Å². The summed E-state index contributed by atoms with van der Waals surface area (Å²) in [7, 11) is -1.26. The molecule has 8 nitrogen and oxygen atoms in total. The first-order valence-electron chi connectivity index (χ1n) is 12.1. The molecule has 1 unspecified atom stereocenters. The Bertz CT molecular complexity index is 1060. The van der Waals surface area contributed by atoms with Crippen molar-refractivity contribution < 1.29 is 28.2 Å². The highest BCUT2D eigenvalue weighted by atomic mass is 79.9. The van der Waals surface area contributed by atoms with Gasteiger partial charge >= 0.3 is 6.03 Å². The summed E-state index contributed by atoms with van der Waals surface area (Å²) in [6, 6.07) is 20.1. The number of hydrogen-bond acceptors (Lipinski definition) is 6. The van der Waals surface area contributed by atoms with E-state index in [4.69, 9.17) is 18.6 Å². The van der Waals surface area contributed by atoms with E-state index >= 15 is 0 Å². The average molecular weight is 656 g/mol. The Morgan fingerprint density at radius 1 is 1.03 bits per heavy atom. The van der Waals surface area contributed by atoms with E-state index in [1.165, 1.54) is 0 Å². The van der Waals surface area contributed by atoms with Crippen LogP contribution in [0.3, 0.4) is 0 Å². The van der Waals surface area contributed by atoms with Crippen LogP contribution >= 0.6 is 31.9 Å². The molecular formula is C26H32Br2N2O6Si. The molecule has 0 radical (unpaired) electrons. The van der Waals surface area contributed by atoms with Gasteiger partial charge in [0.15, 0.2) is 12.5 Å². The Labute approximate surface area is 235 Å². The van der Waals surface area contributed by atoms with Crippen LogP contribution in [0.1, 0.15) is 27.2 Å². The summed E-state index contributed by atoms with van der Waals surface area (Å²) in [5.74, 6) is -0.552. The molecule has 2 aromatic carbocycles. The number of rotatable bonds is 8. The zero-order chi connectivity index (χ0) is 26.8. The summed E-state index contributed by atoms with van der Waals surface area (Å²) in [6.07, 6.45) is -1.78. The van der Waals surface area contributed by atoms with Gasteiger partial charge in [0.25, 0.3) is 14.2 Å². The number of methoxy groups -OCH3 is 1. The number of nitrogens with one attached hydrogen (secondary N) is 2. The number of benzene rings is 2. The minimum absolute atomic E-state index is 0.0694. The monoisotopic (exact) mass is 654 g/mol. The quantitative estimate of drug-likeness (QED) is 0.335. The van der Waals surface area contributed by atoms with Gasteiger partial charge < -0.3 is 24.0 Å². The van der Waals surface area contributed by atoms with Crippen molar-refractivity contribution in [1.29, 1.82) is 0 Å². The van der Waals surface area contributed by atoms with Crippen molar-refractivity contribution in [2.45, 2.75) is 60.2 Å². The maximum absolute atomic E-state index is 12.3. The number of carbonyl (C=O) groups excluding carboxylic acids is 2. The zero-order valence-corrected chi connectivity index (χ0v) is 25.4. The van der Waals surface area contributed by atoms with E-state index < -0.39 is 42.1 Å². The smallest absolute Gasteiger partial charge is 0.323 e. The Hall–Kier alpha value is -1.60. The van der Waals surface area contributed by atoms with Crippen LogP contribution in [-0.2, 0) is 23.4 Å². The lowest BCUT2D eigenvalue weighted by Crippen LogP contribution is -2.68. The second kappa shape index (κ2) is 11.2. The molecule has 4 rings (SSSR count). The van der Waals surface area contributed by atoms with Crippen LogP contribution in [0.2, 0.25) is 5.04 Å². The molecule has 0 aromatic heterocycles. The third kappa shape index (κ3) is 5.73. The maximum Gasteiger partial charge on any atom is 0.323 e. The fraction of sp³-hybridized carbons (Fsp3) is 0.462. The first-order valence-corrected chi connectivity index (χ1v) is 15.6. The lowest BCUT2D eigenvalue weighted by molar-refractivity contribution is -0.144. The van der Waals surface area contributed by atoms with Gasteiger partial charge in [-0.05, 0) is 15.4 Å². The molecule has 0 bridgehead atoms. The summed E-state index contributed by atoms with van der Waals surface area (Å²) in [6.45, 7) is 6.72. The Morgan fingerprint density at radius 3 is 2.11 bits per heavy atom. The van der Waals surface area contributed by atoms with Crippen molar-refractivity contribution in [2.75, 3.05) is 13.7 Å². The lowest BCUT2D eigenvalue weighted by Gasteiger charge is -2.45. The second-order valence-electron chi connectivity index (χ2n) is 10.2. The van der Waals surface area contributed by atoms with E-state index in [0.717, 1.165) is 10.4 Å². The summed E-state index contributed by atoms with van der Waals surface area (Å²) in [5.41, 5.74) is 0. The van der Waals surface area contributed by atoms with E-state index in [9.17, 15) is 9.59 Å². The van der Waals surface area contributed by atoms with Crippen molar-refractivity contribution >= 4 is 62.5 Å². The van der Waals surface area contributed by atoms with E-state index in [1.807, 2.05) is 36.4 Å². The lowest BCUT2D eigenvalue weighted by atomic mass is 10.2. The van der Waals surface area contributed by atoms with Crippen LogP contribution in [-0.4, -0.2) is 61.9 Å². The first kappa shape index (κ1) is 28.4. The number of urea groups is 1. The number of carbonyl (C=O) groups is 2. The van der Waals surface area contributed by atoms with Crippen LogP contribution in [0.15, 0.2) is 60.7 Å². The Balaban J connectivity index is 1.67. The molecule has 200 valence electrons. The highest BCUT2D eigenvalue weighted by Gasteiger charge is 2.54. The van der Waals surface area contributed by atoms with E-state index in [2.05, 4.69) is 87.5 Å². The van der Waals surface area contributed by atoms with Gasteiger partial charge in [0, 0.05) is 13.5 Å². The molecule has 3 amide bonds. The van der Waals surface area contributed by atoms with E-state index in [0.29, 0.717) is 6.42 Å². The number of alkyl halides is 2. The topological polar surface area (TPSA) is 95.1 Å². The molecule has 2 aromatic rings. The van der Waals surface area contributed by atoms with Gasteiger partial charge in [-0.15, -0.1) is 0 Å². The molecule has 0 aliphatic carbocycles. The molecule has 2 aliphatic rings. The molecule has 4 atom stereocenters. The van der Waals surface area contributed by atoms with Crippen molar-refractivity contribution in [3.63, 3.8) is 0 Å². The van der Waals surface area contributed by atoms with Crippen LogP contribution in [0.4, 0.5) is 4.79 Å². The standard InChI is InChI=1S/C26H32Br2N2O6Si/c1-25(2,3)37(17-11-7-5-8-12-17,18-13-9-6-10-14-18)36-19-15-21(33-4)35-20(19)16-34-23-26(27,28)22(31)29-24(32)30-23/h5-14,19-21,23H,15-16H2,1-4H3,(H2,29,30,31,32)/t19-,20+,21?,23+/m0/s1. The third-order valence-electron chi connectivity index (χ3n) is 6.72. The summed E-state index contributed by atoms with van der Waals surface area (Å²) in [4.78, 5) is 24.2. The predicted octanol–water partition coefficient (Wildman–Crippen LogP) is 3.36. The van der Waals surface area contributed by atoms with Gasteiger partial charge in [-0.25, -0.2) is 4.79 Å². The number of halogens is 2. The molecule has 37 heavy (non-hydrogen) atoms.